The molecule has 1 amide bonds. The topological polar surface area (TPSA) is 84.1 Å². The van der Waals surface area contributed by atoms with Gasteiger partial charge in [-0.15, -0.1) is 10.2 Å². The molecule has 9 heteroatoms. The highest BCUT2D eigenvalue weighted by Gasteiger charge is 2.26. The van der Waals surface area contributed by atoms with Crippen molar-refractivity contribution in [3.05, 3.63) is 23.0 Å². The molecule has 0 radical (unpaired) electrons. The van der Waals surface area contributed by atoms with Gasteiger partial charge in [-0.2, -0.15) is 5.10 Å². The number of aryl methyl sites for hydroxylation is 1. The van der Waals surface area contributed by atoms with E-state index in [-0.39, 0.29) is 18.4 Å². The first-order valence-electron chi connectivity index (χ1n) is 8.00. The highest BCUT2D eigenvalue weighted by Crippen LogP contribution is 2.27. The molecule has 2 aromatic rings. The fourth-order valence-corrected chi connectivity index (χ4v) is 4.54. The lowest BCUT2D eigenvalue weighted by Crippen LogP contribution is -2.40. The molecule has 2 aromatic heterocycles. The van der Waals surface area contributed by atoms with E-state index in [1.807, 2.05) is 24.1 Å². The molecule has 1 atom stereocenters. The van der Waals surface area contributed by atoms with E-state index in [9.17, 15) is 4.79 Å². The molecule has 1 fully saturated rings. The van der Waals surface area contributed by atoms with E-state index >= 15 is 0 Å². The number of aliphatic hydroxyl groups excluding tert-OH is 1. The first-order chi connectivity index (χ1) is 11.7. The third-order valence-electron chi connectivity index (χ3n) is 4.01. The molecule has 1 aliphatic heterocycles. The number of nitrogens with zero attached hydrogens (tertiary/aromatic N) is 5. The molecule has 7 nitrogen and oxygen atoms in total. The van der Waals surface area contributed by atoms with Gasteiger partial charge in [0, 0.05) is 25.2 Å². The quantitative estimate of drug-likeness (QED) is 0.780. The molecule has 24 heavy (non-hydrogen) atoms. The summed E-state index contributed by atoms with van der Waals surface area (Å²) in [6.45, 7) is 4.02. The Morgan fingerprint density at radius 1 is 1.50 bits per heavy atom. The minimum absolute atomic E-state index is 0.0821. The van der Waals surface area contributed by atoms with Crippen molar-refractivity contribution < 1.29 is 9.90 Å². The number of carbonyl (C=O) groups excluding carboxylic acids is 1. The molecule has 0 bridgehead atoms. The zero-order valence-corrected chi connectivity index (χ0v) is 15.2. The molecule has 130 valence electrons. The molecule has 1 aliphatic rings. The summed E-state index contributed by atoms with van der Waals surface area (Å²) < 4.78 is 2.60. The lowest BCUT2D eigenvalue weighted by molar-refractivity contribution is -0.129. The van der Waals surface area contributed by atoms with E-state index in [0.29, 0.717) is 18.8 Å². The maximum Gasteiger partial charge on any atom is 0.233 e. The SMILES string of the molecule is Cc1nnc(SCC(=O)N2CCCC(c3ccn(CCO)n3)C2)s1. The van der Waals surface area contributed by atoms with Crippen LogP contribution in [0.1, 0.15) is 29.5 Å². The Hall–Kier alpha value is -1.45. The van der Waals surface area contributed by atoms with Gasteiger partial charge in [-0.1, -0.05) is 23.1 Å². The second-order valence-corrected chi connectivity index (χ2v) is 8.19. The number of hydrogen-bond acceptors (Lipinski definition) is 7. The third-order valence-corrected chi connectivity index (χ3v) is 5.97. The van der Waals surface area contributed by atoms with Crippen LogP contribution in [-0.4, -0.2) is 61.3 Å². The average Bonchev–Trinajstić information content (AvgIpc) is 3.22. The predicted molar refractivity (Wildman–Crippen MR) is 93.2 cm³/mol. The van der Waals surface area contributed by atoms with Crippen LogP contribution in [0.25, 0.3) is 0 Å². The van der Waals surface area contributed by atoms with Crippen molar-refractivity contribution >= 4 is 29.0 Å². The highest BCUT2D eigenvalue weighted by atomic mass is 32.2. The van der Waals surface area contributed by atoms with Crippen molar-refractivity contribution in [2.45, 2.75) is 36.6 Å². The molecule has 0 spiro atoms. The number of hydrogen-bond donors (Lipinski definition) is 1. The smallest absolute Gasteiger partial charge is 0.233 e. The van der Waals surface area contributed by atoms with Crippen molar-refractivity contribution in [2.24, 2.45) is 0 Å². The van der Waals surface area contributed by atoms with E-state index in [0.717, 1.165) is 34.4 Å². The third kappa shape index (κ3) is 4.34. The number of piperidine rings is 1. The number of aromatic nitrogens is 4. The summed E-state index contributed by atoms with van der Waals surface area (Å²) in [6.07, 6.45) is 3.93. The van der Waals surface area contributed by atoms with Crippen LogP contribution in [0.3, 0.4) is 0 Å². The molecule has 3 rings (SSSR count). The number of amides is 1. The molecule has 0 aliphatic carbocycles. The minimum atomic E-state index is 0.0821. The standard InChI is InChI=1S/C15H21N5O2S2/c1-11-16-17-15(24-11)23-10-14(22)19-5-2-3-12(9-19)13-4-6-20(18-13)7-8-21/h4,6,12,21H,2-3,5,7-10H2,1H3. The summed E-state index contributed by atoms with van der Waals surface area (Å²) in [5.74, 6) is 0.823. The van der Waals surface area contributed by atoms with Crippen molar-refractivity contribution in [2.75, 3.05) is 25.4 Å². The van der Waals surface area contributed by atoms with Crippen LogP contribution in [-0.2, 0) is 11.3 Å². The fourth-order valence-electron chi connectivity index (χ4n) is 2.82. The van der Waals surface area contributed by atoms with Gasteiger partial charge in [-0.05, 0) is 25.8 Å². The Kier molecular flexibility index (Phi) is 5.85. The Morgan fingerprint density at radius 3 is 3.12 bits per heavy atom. The molecular weight excluding hydrogens is 346 g/mol. The summed E-state index contributed by atoms with van der Waals surface area (Å²) >= 11 is 2.97. The van der Waals surface area contributed by atoms with Gasteiger partial charge in [0.25, 0.3) is 0 Å². The lowest BCUT2D eigenvalue weighted by Gasteiger charge is -2.32. The van der Waals surface area contributed by atoms with Gasteiger partial charge in [0.1, 0.15) is 5.01 Å². The van der Waals surface area contributed by atoms with E-state index in [1.165, 1.54) is 23.1 Å². The summed E-state index contributed by atoms with van der Waals surface area (Å²) in [4.78, 5) is 14.4. The first kappa shape index (κ1) is 17.4. The van der Waals surface area contributed by atoms with Crippen molar-refractivity contribution in [3.63, 3.8) is 0 Å². The van der Waals surface area contributed by atoms with Crippen LogP contribution in [0.5, 0.6) is 0 Å². The van der Waals surface area contributed by atoms with Crippen molar-refractivity contribution in [1.29, 1.82) is 0 Å². The van der Waals surface area contributed by atoms with Gasteiger partial charge in [0.2, 0.25) is 5.91 Å². The van der Waals surface area contributed by atoms with Crippen molar-refractivity contribution in [1.82, 2.24) is 24.9 Å². The Balaban J connectivity index is 1.54. The zero-order chi connectivity index (χ0) is 16.9. The van der Waals surface area contributed by atoms with Gasteiger partial charge in [0.15, 0.2) is 4.34 Å². The average molecular weight is 368 g/mol. The number of aliphatic hydroxyl groups is 1. The summed E-state index contributed by atoms with van der Waals surface area (Å²) in [7, 11) is 0. The summed E-state index contributed by atoms with van der Waals surface area (Å²) in [6, 6.07) is 1.99. The predicted octanol–water partition coefficient (Wildman–Crippen LogP) is 1.53. The van der Waals surface area contributed by atoms with E-state index in [2.05, 4.69) is 15.3 Å². The molecule has 1 N–H and O–H groups in total. The molecule has 0 aromatic carbocycles. The monoisotopic (exact) mass is 367 g/mol. The van der Waals surface area contributed by atoms with Gasteiger partial charge >= 0.3 is 0 Å². The number of likely N-dealkylation sites (tertiary alicyclic amines) is 1. The van der Waals surface area contributed by atoms with E-state index < -0.39 is 0 Å². The minimum Gasteiger partial charge on any atom is -0.394 e. The number of carbonyl (C=O) groups is 1. The van der Waals surface area contributed by atoms with E-state index in [4.69, 9.17) is 5.11 Å². The maximum atomic E-state index is 12.5. The molecular formula is C15H21N5O2S2. The van der Waals surface area contributed by atoms with Gasteiger partial charge in [-0.25, -0.2) is 0 Å². The summed E-state index contributed by atoms with van der Waals surface area (Å²) in [5.41, 5.74) is 1.01. The van der Waals surface area contributed by atoms with Gasteiger partial charge in [0.05, 0.1) is 24.6 Å². The second kappa shape index (κ2) is 8.09. The summed E-state index contributed by atoms with van der Waals surface area (Å²) in [5, 5.41) is 22.4. The molecule has 1 saturated heterocycles. The van der Waals surface area contributed by atoms with E-state index in [1.54, 1.807) is 4.68 Å². The highest BCUT2D eigenvalue weighted by molar-refractivity contribution is 8.01. The number of rotatable bonds is 6. The van der Waals surface area contributed by atoms with Gasteiger partial charge in [-0.3, -0.25) is 9.48 Å². The maximum absolute atomic E-state index is 12.5. The van der Waals surface area contributed by atoms with Crippen LogP contribution < -0.4 is 0 Å². The van der Waals surface area contributed by atoms with Crippen LogP contribution in [0.15, 0.2) is 16.6 Å². The zero-order valence-electron chi connectivity index (χ0n) is 13.6. The Bertz CT molecular complexity index is 687. The largest absolute Gasteiger partial charge is 0.394 e. The normalized spacial score (nSPS) is 18.1. The Morgan fingerprint density at radius 2 is 2.38 bits per heavy atom. The van der Waals surface area contributed by atoms with Crippen LogP contribution in [0.2, 0.25) is 0 Å². The van der Waals surface area contributed by atoms with Crippen LogP contribution in [0, 0.1) is 6.92 Å². The molecule has 0 saturated carbocycles. The van der Waals surface area contributed by atoms with Crippen molar-refractivity contribution in [3.8, 4) is 0 Å². The first-order valence-corrected chi connectivity index (χ1v) is 9.81. The molecule has 3 heterocycles. The fraction of sp³-hybridized carbons (Fsp3) is 0.600. The van der Waals surface area contributed by atoms with Gasteiger partial charge < -0.3 is 10.0 Å². The molecule has 1 unspecified atom stereocenters. The lowest BCUT2D eigenvalue weighted by atomic mass is 9.95. The number of thioether (sulfide) groups is 1. The van der Waals surface area contributed by atoms with Crippen LogP contribution >= 0.6 is 23.1 Å². The van der Waals surface area contributed by atoms with Crippen LogP contribution in [0.4, 0.5) is 0 Å². The second-order valence-electron chi connectivity index (χ2n) is 5.78. The Labute approximate surface area is 149 Å².